The van der Waals surface area contributed by atoms with E-state index in [2.05, 4.69) is 16.0 Å². The van der Waals surface area contributed by atoms with Crippen LogP contribution in [0.4, 0.5) is 16.2 Å². The van der Waals surface area contributed by atoms with Gasteiger partial charge in [0.05, 0.1) is 4.92 Å². The molecule has 0 bridgehead atoms. The number of nitrogens with zero attached hydrogens (tertiary/aromatic N) is 1. The molecule has 1 rings (SSSR count). The number of hydrogen-bond acceptors (Lipinski definition) is 4. The van der Waals surface area contributed by atoms with Gasteiger partial charge in [-0.05, 0) is 26.1 Å². The Morgan fingerprint density at radius 3 is 2.83 bits per heavy atom. The maximum absolute atomic E-state index is 11.4. The minimum atomic E-state index is -0.504. The van der Waals surface area contributed by atoms with E-state index in [1.165, 1.54) is 18.2 Å². The summed E-state index contributed by atoms with van der Waals surface area (Å²) >= 11 is 0. The first kappa shape index (κ1) is 13.9. The lowest BCUT2D eigenvalue weighted by molar-refractivity contribution is -0.384. The molecule has 0 aliphatic rings. The number of nitrogens with one attached hydrogen (secondary N) is 3. The Morgan fingerprint density at radius 2 is 2.17 bits per heavy atom. The second-order valence-corrected chi connectivity index (χ2v) is 3.65. The molecule has 0 heterocycles. The number of carbonyl (C=O) groups is 1. The van der Waals surface area contributed by atoms with Crippen molar-refractivity contribution in [2.45, 2.75) is 6.42 Å². The summed E-state index contributed by atoms with van der Waals surface area (Å²) in [5, 5.41) is 18.7. The van der Waals surface area contributed by atoms with Gasteiger partial charge in [0.1, 0.15) is 0 Å². The quantitative estimate of drug-likeness (QED) is 0.404. The van der Waals surface area contributed by atoms with E-state index in [0.717, 1.165) is 13.0 Å². The Balaban J connectivity index is 2.44. The van der Waals surface area contributed by atoms with Crippen LogP contribution in [-0.4, -0.2) is 31.1 Å². The van der Waals surface area contributed by atoms with Crippen LogP contribution < -0.4 is 16.0 Å². The highest BCUT2D eigenvalue weighted by atomic mass is 16.6. The molecule has 0 atom stereocenters. The van der Waals surface area contributed by atoms with Crippen molar-refractivity contribution < 1.29 is 9.72 Å². The van der Waals surface area contributed by atoms with Gasteiger partial charge in [-0.2, -0.15) is 0 Å². The molecular formula is C11H16N4O3. The van der Waals surface area contributed by atoms with E-state index in [1.807, 2.05) is 7.05 Å². The van der Waals surface area contributed by atoms with Gasteiger partial charge in [-0.15, -0.1) is 0 Å². The first-order valence-electron chi connectivity index (χ1n) is 5.57. The molecule has 18 heavy (non-hydrogen) atoms. The van der Waals surface area contributed by atoms with Gasteiger partial charge >= 0.3 is 6.03 Å². The molecule has 7 nitrogen and oxygen atoms in total. The number of rotatable bonds is 6. The standard InChI is InChI=1S/C11H16N4O3/c1-12-6-3-7-13-11(16)14-9-4-2-5-10(8-9)15(17)18/h2,4-5,8,12H,3,6-7H2,1H3,(H2,13,14,16). The second kappa shape index (κ2) is 7.23. The monoisotopic (exact) mass is 252 g/mol. The van der Waals surface area contributed by atoms with Gasteiger partial charge in [-0.25, -0.2) is 4.79 Å². The van der Waals surface area contributed by atoms with Crippen LogP contribution in [0, 0.1) is 10.1 Å². The van der Waals surface area contributed by atoms with E-state index in [-0.39, 0.29) is 11.7 Å². The maximum Gasteiger partial charge on any atom is 0.319 e. The maximum atomic E-state index is 11.4. The summed E-state index contributed by atoms with van der Waals surface area (Å²) in [7, 11) is 1.84. The predicted octanol–water partition coefficient (Wildman–Crippen LogP) is 1.33. The van der Waals surface area contributed by atoms with Crippen LogP contribution >= 0.6 is 0 Å². The Kier molecular flexibility index (Phi) is 5.59. The molecule has 0 aliphatic carbocycles. The SMILES string of the molecule is CNCCCNC(=O)Nc1cccc([N+](=O)[O-])c1. The lowest BCUT2D eigenvalue weighted by atomic mass is 10.3. The normalized spacial score (nSPS) is 9.83. The third kappa shape index (κ3) is 4.79. The molecule has 7 heteroatoms. The zero-order chi connectivity index (χ0) is 13.4. The number of urea groups is 1. The fraction of sp³-hybridized carbons (Fsp3) is 0.364. The first-order valence-corrected chi connectivity index (χ1v) is 5.57. The lowest BCUT2D eigenvalue weighted by Gasteiger charge is -2.07. The molecule has 1 aromatic carbocycles. The molecule has 0 saturated carbocycles. The molecule has 0 spiro atoms. The predicted molar refractivity (Wildman–Crippen MR) is 68.7 cm³/mol. The van der Waals surface area contributed by atoms with Crippen molar-refractivity contribution in [2.75, 3.05) is 25.5 Å². The summed E-state index contributed by atoms with van der Waals surface area (Å²) in [5.41, 5.74) is 0.346. The van der Waals surface area contributed by atoms with Crippen molar-refractivity contribution in [1.29, 1.82) is 0 Å². The van der Waals surface area contributed by atoms with Crippen LogP contribution in [0.1, 0.15) is 6.42 Å². The van der Waals surface area contributed by atoms with Crippen molar-refractivity contribution in [3.8, 4) is 0 Å². The summed E-state index contributed by atoms with van der Waals surface area (Å²) in [4.78, 5) is 21.5. The number of benzene rings is 1. The number of carbonyl (C=O) groups excluding carboxylic acids is 1. The summed E-state index contributed by atoms with van der Waals surface area (Å²) in [6.45, 7) is 1.36. The fourth-order valence-corrected chi connectivity index (χ4v) is 1.34. The van der Waals surface area contributed by atoms with E-state index in [9.17, 15) is 14.9 Å². The lowest BCUT2D eigenvalue weighted by Crippen LogP contribution is -2.30. The van der Waals surface area contributed by atoms with Crippen LogP contribution in [-0.2, 0) is 0 Å². The van der Waals surface area contributed by atoms with Crippen molar-refractivity contribution in [3.63, 3.8) is 0 Å². The number of hydrogen-bond donors (Lipinski definition) is 3. The summed E-state index contributed by atoms with van der Waals surface area (Å²) < 4.78 is 0. The van der Waals surface area contributed by atoms with Gasteiger partial charge in [-0.1, -0.05) is 6.07 Å². The third-order valence-electron chi connectivity index (χ3n) is 2.20. The Bertz CT molecular complexity index is 423. The summed E-state index contributed by atoms with van der Waals surface area (Å²) in [6, 6.07) is 5.43. The molecule has 2 amide bonds. The van der Waals surface area contributed by atoms with Crippen LogP contribution in [0.15, 0.2) is 24.3 Å². The highest BCUT2D eigenvalue weighted by Crippen LogP contribution is 2.16. The summed E-state index contributed by atoms with van der Waals surface area (Å²) in [5.74, 6) is 0. The fourth-order valence-electron chi connectivity index (χ4n) is 1.34. The van der Waals surface area contributed by atoms with Gasteiger partial charge in [0.2, 0.25) is 0 Å². The first-order chi connectivity index (χ1) is 8.63. The molecule has 98 valence electrons. The summed E-state index contributed by atoms with van der Waals surface area (Å²) in [6.07, 6.45) is 0.818. The van der Waals surface area contributed by atoms with E-state index >= 15 is 0 Å². The van der Waals surface area contributed by atoms with Crippen molar-refractivity contribution in [1.82, 2.24) is 10.6 Å². The van der Waals surface area contributed by atoms with Crippen molar-refractivity contribution >= 4 is 17.4 Å². The van der Waals surface area contributed by atoms with E-state index in [0.29, 0.717) is 12.2 Å². The number of nitro benzene ring substituents is 1. The number of amides is 2. The van der Waals surface area contributed by atoms with Gasteiger partial charge in [0, 0.05) is 24.4 Å². The molecule has 0 saturated heterocycles. The minimum Gasteiger partial charge on any atom is -0.338 e. The molecule has 1 aromatic rings. The molecule has 0 aliphatic heterocycles. The van der Waals surface area contributed by atoms with Crippen molar-refractivity contribution in [2.24, 2.45) is 0 Å². The van der Waals surface area contributed by atoms with Crippen LogP contribution in [0.2, 0.25) is 0 Å². The van der Waals surface area contributed by atoms with Gasteiger partial charge in [0.15, 0.2) is 0 Å². The number of non-ortho nitro benzene ring substituents is 1. The smallest absolute Gasteiger partial charge is 0.319 e. The Labute approximate surface area is 105 Å². The number of anilines is 1. The largest absolute Gasteiger partial charge is 0.338 e. The van der Waals surface area contributed by atoms with Crippen molar-refractivity contribution in [3.05, 3.63) is 34.4 Å². The second-order valence-electron chi connectivity index (χ2n) is 3.65. The molecule has 0 aromatic heterocycles. The molecule has 0 fully saturated rings. The Hall–Kier alpha value is -2.15. The molecule has 3 N–H and O–H groups in total. The highest BCUT2D eigenvalue weighted by molar-refractivity contribution is 5.89. The van der Waals surface area contributed by atoms with Crippen LogP contribution in [0.25, 0.3) is 0 Å². The molecule has 0 radical (unpaired) electrons. The van der Waals surface area contributed by atoms with Crippen LogP contribution in [0.5, 0.6) is 0 Å². The van der Waals surface area contributed by atoms with Gasteiger partial charge < -0.3 is 16.0 Å². The minimum absolute atomic E-state index is 0.0528. The zero-order valence-corrected chi connectivity index (χ0v) is 10.1. The zero-order valence-electron chi connectivity index (χ0n) is 10.1. The van der Waals surface area contributed by atoms with Crippen LogP contribution in [0.3, 0.4) is 0 Å². The molecule has 0 unspecified atom stereocenters. The Morgan fingerprint density at radius 1 is 1.39 bits per heavy atom. The van der Waals surface area contributed by atoms with E-state index in [1.54, 1.807) is 6.07 Å². The van der Waals surface area contributed by atoms with Gasteiger partial charge in [-0.3, -0.25) is 10.1 Å². The number of nitro groups is 1. The van der Waals surface area contributed by atoms with E-state index < -0.39 is 4.92 Å². The highest BCUT2D eigenvalue weighted by Gasteiger charge is 2.07. The van der Waals surface area contributed by atoms with E-state index in [4.69, 9.17) is 0 Å². The third-order valence-corrected chi connectivity index (χ3v) is 2.20. The average Bonchev–Trinajstić information content (AvgIpc) is 2.35. The molecular weight excluding hydrogens is 236 g/mol. The van der Waals surface area contributed by atoms with Gasteiger partial charge in [0.25, 0.3) is 5.69 Å². The topological polar surface area (TPSA) is 96.3 Å². The average molecular weight is 252 g/mol.